The molecule has 6 heteroatoms. The minimum absolute atomic E-state index is 0.348. The quantitative estimate of drug-likeness (QED) is 0.792. The summed E-state index contributed by atoms with van der Waals surface area (Å²) in [5.41, 5.74) is 5.28. The zero-order chi connectivity index (χ0) is 12.5. The van der Waals surface area contributed by atoms with E-state index >= 15 is 0 Å². The van der Waals surface area contributed by atoms with Crippen LogP contribution in [0.1, 0.15) is 0 Å². The maximum Gasteiger partial charge on any atom is 0.363 e. The Morgan fingerprint density at radius 3 is 2.59 bits per heavy atom. The third-order valence-corrected chi connectivity index (χ3v) is 2.28. The molecule has 0 radical (unpaired) electrons. The van der Waals surface area contributed by atoms with Gasteiger partial charge in [-0.15, -0.1) is 0 Å². The van der Waals surface area contributed by atoms with E-state index in [2.05, 4.69) is 4.99 Å². The second-order valence-electron chi connectivity index (χ2n) is 3.41. The molecule has 2 rings (SSSR count). The minimum atomic E-state index is -2.93. The van der Waals surface area contributed by atoms with Crippen molar-refractivity contribution in [1.29, 1.82) is 0 Å². The maximum absolute atomic E-state index is 14.3. The number of nitrogens with two attached hydrogens (primary N) is 1. The Kier molecular flexibility index (Phi) is 2.63. The van der Waals surface area contributed by atoms with Gasteiger partial charge in [-0.25, -0.2) is 0 Å². The van der Waals surface area contributed by atoms with E-state index in [0.29, 0.717) is 5.69 Å². The van der Waals surface area contributed by atoms with Crippen LogP contribution in [-0.4, -0.2) is 17.8 Å². The predicted molar refractivity (Wildman–Crippen MR) is 59.6 cm³/mol. The SMILES string of the molecule is NC(=O)C1(F)N=C(F)C=CN1c1ccccc1. The first kappa shape index (κ1) is 11.3. The number of amides is 1. The number of nitrogens with zero attached hydrogens (tertiary/aromatic N) is 2. The first-order chi connectivity index (χ1) is 8.04. The number of halogens is 2. The Balaban J connectivity index is 2.48. The summed E-state index contributed by atoms with van der Waals surface area (Å²) in [7, 11) is 0. The van der Waals surface area contributed by atoms with Gasteiger partial charge in [0.15, 0.2) is 0 Å². The molecule has 1 aromatic carbocycles. The highest BCUT2D eigenvalue weighted by Crippen LogP contribution is 2.30. The van der Waals surface area contributed by atoms with Gasteiger partial charge in [-0.1, -0.05) is 18.2 Å². The number of anilines is 1. The van der Waals surface area contributed by atoms with Crippen LogP contribution < -0.4 is 10.6 Å². The lowest BCUT2D eigenvalue weighted by Crippen LogP contribution is -2.52. The number of hydrogen-bond donors (Lipinski definition) is 1. The van der Waals surface area contributed by atoms with Crippen molar-refractivity contribution >= 4 is 17.6 Å². The first-order valence-corrected chi connectivity index (χ1v) is 4.81. The lowest BCUT2D eigenvalue weighted by atomic mass is 10.2. The van der Waals surface area contributed by atoms with Crippen LogP contribution in [0.25, 0.3) is 0 Å². The van der Waals surface area contributed by atoms with Crippen molar-refractivity contribution in [2.24, 2.45) is 10.7 Å². The molecule has 0 saturated heterocycles. The fourth-order valence-corrected chi connectivity index (χ4v) is 1.49. The van der Waals surface area contributed by atoms with Crippen molar-refractivity contribution in [1.82, 2.24) is 0 Å². The van der Waals surface area contributed by atoms with E-state index in [9.17, 15) is 13.6 Å². The summed E-state index contributed by atoms with van der Waals surface area (Å²) in [5, 5.41) is 0. The van der Waals surface area contributed by atoms with Crippen molar-refractivity contribution < 1.29 is 13.6 Å². The zero-order valence-corrected chi connectivity index (χ0v) is 8.68. The van der Waals surface area contributed by atoms with Crippen LogP contribution in [0.15, 0.2) is 47.6 Å². The van der Waals surface area contributed by atoms with Crippen LogP contribution in [0.4, 0.5) is 14.5 Å². The number of benzene rings is 1. The van der Waals surface area contributed by atoms with Crippen LogP contribution in [0.3, 0.4) is 0 Å². The Hall–Kier alpha value is -2.24. The third-order valence-electron chi connectivity index (χ3n) is 2.28. The van der Waals surface area contributed by atoms with Gasteiger partial charge in [0.2, 0.25) is 5.97 Å². The number of alkyl halides is 1. The fraction of sp³-hybridized carbons (Fsp3) is 0.0909. The Labute approximate surface area is 96.0 Å². The normalized spacial score (nSPS) is 23.4. The summed E-state index contributed by atoms with van der Waals surface area (Å²) in [6.07, 6.45) is 2.04. The molecular weight excluding hydrogens is 228 g/mol. The number of allylic oxidation sites excluding steroid dienone is 1. The zero-order valence-electron chi connectivity index (χ0n) is 8.68. The molecule has 0 fully saturated rings. The summed E-state index contributed by atoms with van der Waals surface area (Å²) in [5.74, 6) is -5.39. The van der Waals surface area contributed by atoms with E-state index in [4.69, 9.17) is 5.73 Å². The van der Waals surface area contributed by atoms with E-state index in [1.54, 1.807) is 30.3 Å². The van der Waals surface area contributed by atoms with Crippen LogP contribution in [0.2, 0.25) is 0 Å². The molecule has 1 aliphatic heterocycles. The molecule has 1 aromatic rings. The largest absolute Gasteiger partial charge is 0.363 e. The van der Waals surface area contributed by atoms with Crippen molar-refractivity contribution in [2.75, 3.05) is 4.90 Å². The van der Waals surface area contributed by atoms with E-state index in [0.717, 1.165) is 17.2 Å². The van der Waals surface area contributed by atoms with Gasteiger partial charge in [-0.3, -0.25) is 9.69 Å². The Bertz CT molecular complexity index is 501. The summed E-state index contributed by atoms with van der Waals surface area (Å²) < 4.78 is 27.2. The molecule has 88 valence electrons. The minimum Gasteiger partial charge on any atom is -0.363 e. The molecule has 0 bridgehead atoms. The molecule has 1 aliphatic rings. The van der Waals surface area contributed by atoms with Crippen molar-refractivity contribution in [2.45, 2.75) is 5.92 Å². The van der Waals surface area contributed by atoms with Crippen molar-refractivity contribution in [3.63, 3.8) is 0 Å². The molecule has 2 N–H and O–H groups in total. The predicted octanol–water partition coefficient (Wildman–Crippen LogP) is 1.50. The van der Waals surface area contributed by atoms with E-state index in [1.165, 1.54) is 0 Å². The van der Waals surface area contributed by atoms with Gasteiger partial charge in [0.1, 0.15) is 0 Å². The van der Waals surface area contributed by atoms with Crippen LogP contribution in [0, 0.1) is 0 Å². The number of carbonyl (C=O) groups is 1. The number of rotatable bonds is 2. The summed E-state index contributed by atoms with van der Waals surface area (Å²) in [4.78, 5) is 15.0. The van der Waals surface area contributed by atoms with Crippen LogP contribution >= 0.6 is 0 Å². The molecule has 0 saturated carbocycles. The maximum atomic E-state index is 14.3. The van der Waals surface area contributed by atoms with Gasteiger partial charge >= 0.3 is 11.8 Å². The molecule has 1 heterocycles. The van der Waals surface area contributed by atoms with Gasteiger partial charge in [-0.05, 0) is 12.1 Å². The van der Waals surface area contributed by atoms with Crippen molar-refractivity contribution in [3.05, 3.63) is 42.6 Å². The summed E-state index contributed by atoms with van der Waals surface area (Å²) in [6.45, 7) is 0. The Morgan fingerprint density at radius 2 is 2.00 bits per heavy atom. The average Bonchev–Trinajstić information content (AvgIpc) is 2.30. The first-order valence-electron chi connectivity index (χ1n) is 4.81. The number of aliphatic imine (C=N–C) groups is 1. The summed E-state index contributed by atoms with van der Waals surface area (Å²) in [6, 6.07) is 8.14. The molecule has 1 atom stereocenters. The lowest BCUT2D eigenvalue weighted by Gasteiger charge is -2.32. The molecule has 4 nitrogen and oxygen atoms in total. The van der Waals surface area contributed by atoms with E-state index in [1.807, 2.05) is 0 Å². The van der Waals surface area contributed by atoms with E-state index in [-0.39, 0.29) is 0 Å². The second-order valence-corrected chi connectivity index (χ2v) is 3.41. The molecular formula is C11H9F2N3O. The van der Waals surface area contributed by atoms with E-state index < -0.39 is 17.8 Å². The van der Waals surface area contributed by atoms with Crippen LogP contribution in [-0.2, 0) is 4.79 Å². The lowest BCUT2D eigenvalue weighted by molar-refractivity contribution is -0.128. The van der Waals surface area contributed by atoms with Gasteiger partial charge in [0.25, 0.3) is 0 Å². The number of primary amides is 1. The highest BCUT2D eigenvalue weighted by atomic mass is 19.2. The number of hydrogen-bond acceptors (Lipinski definition) is 3. The molecule has 17 heavy (non-hydrogen) atoms. The second kappa shape index (κ2) is 3.97. The highest BCUT2D eigenvalue weighted by molar-refractivity contribution is 5.96. The van der Waals surface area contributed by atoms with Gasteiger partial charge in [-0.2, -0.15) is 13.8 Å². The standard InChI is InChI=1S/C11H9F2N3O/c12-9-6-7-16(8-4-2-1-3-5-8)11(13,15-9)10(14)17/h1-7H,(H2,14,17). The molecule has 0 spiro atoms. The smallest absolute Gasteiger partial charge is 0.363 e. The molecule has 1 unspecified atom stereocenters. The number of carbonyl (C=O) groups excluding carboxylic acids is 1. The third kappa shape index (κ3) is 1.89. The highest BCUT2D eigenvalue weighted by Gasteiger charge is 2.44. The molecule has 0 aliphatic carbocycles. The van der Waals surface area contributed by atoms with Crippen LogP contribution in [0.5, 0.6) is 0 Å². The monoisotopic (exact) mass is 237 g/mol. The molecule has 0 aromatic heterocycles. The topological polar surface area (TPSA) is 58.7 Å². The van der Waals surface area contributed by atoms with Crippen molar-refractivity contribution in [3.8, 4) is 0 Å². The molecule has 1 amide bonds. The average molecular weight is 237 g/mol. The summed E-state index contributed by atoms with van der Waals surface area (Å²) >= 11 is 0. The fourth-order valence-electron chi connectivity index (χ4n) is 1.49. The van der Waals surface area contributed by atoms with Gasteiger partial charge < -0.3 is 5.73 Å². The number of para-hydroxylation sites is 1. The van der Waals surface area contributed by atoms with Gasteiger partial charge in [0, 0.05) is 18.0 Å². The Morgan fingerprint density at radius 1 is 1.35 bits per heavy atom. The van der Waals surface area contributed by atoms with Gasteiger partial charge in [0.05, 0.1) is 0 Å².